The molecule has 116 valence electrons. The molecule has 3 heteroatoms. The number of rotatable bonds is 4. The summed E-state index contributed by atoms with van der Waals surface area (Å²) in [5, 5.41) is 4.01. The molecule has 3 nitrogen and oxygen atoms in total. The predicted molar refractivity (Wildman–Crippen MR) is 83.0 cm³/mol. The number of likely N-dealkylation sites (N-methyl/N-ethyl adjacent to an activating group) is 1. The molecular formula is C17H32N2O. The molecule has 0 bridgehead atoms. The van der Waals surface area contributed by atoms with Crippen molar-refractivity contribution in [1.29, 1.82) is 0 Å². The van der Waals surface area contributed by atoms with Gasteiger partial charge < -0.3 is 15.0 Å². The number of hydrogen-bond acceptors (Lipinski definition) is 3. The fraction of sp³-hybridized carbons (Fsp3) is 1.00. The van der Waals surface area contributed by atoms with Crippen molar-refractivity contribution in [2.24, 2.45) is 5.41 Å². The Kier molecular flexibility index (Phi) is 4.68. The van der Waals surface area contributed by atoms with Crippen LogP contribution in [0.3, 0.4) is 0 Å². The van der Waals surface area contributed by atoms with Crippen LogP contribution in [0.4, 0.5) is 0 Å². The van der Waals surface area contributed by atoms with Crippen LogP contribution in [0.15, 0.2) is 0 Å². The summed E-state index contributed by atoms with van der Waals surface area (Å²) in [6.07, 6.45) is 11.5. The average molecular weight is 280 g/mol. The first-order chi connectivity index (χ1) is 9.74. The molecule has 2 saturated carbocycles. The molecule has 3 rings (SSSR count). The van der Waals surface area contributed by atoms with Crippen LogP contribution in [-0.4, -0.2) is 49.8 Å². The molecule has 3 unspecified atom stereocenters. The second-order valence-electron chi connectivity index (χ2n) is 7.29. The van der Waals surface area contributed by atoms with Crippen LogP contribution < -0.4 is 5.32 Å². The maximum atomic E-state index is 6.06. The Morgan fingerprint density at radius 2 is 2.00 bits per heavy atom. The van der Waals surface area contributed by atoms with Crippen LogP contribution in [0.25, 0.3) is 0 Å². The second-order valence-corrected chi connectivity index (χ2v) is 7.29. The SMILES string of the molecule is CCOC1CC(NC2CCCN(C)C2)C12CCCCC2. The lowest BCUT2D eigenvalue weighted by atomic mass is 9.55. The molecule has 0 aromatic rings. The number of piperidine rings is 1. The molecule has 0 aromatic carbocycles. The minimum absolute atomic E-state index is 0.476. The maximum absolute atomic E-state index is 6.06. The van der Waals surface area contributed by atoms with Crippen molar-refractivity contribution in [3.05, 3.63) is 0 Å². The molecule has 20 heavy (non-hydrogen) atoms. The summed E-state index contributed by atoms with van der Waals surface area (Å²) in [6, 6.07) is 1.43. The fourth-order valence-corrected chi connectivity index (χ4v) is 4.88. The molecule has 0 radical (unpaired) electrons. The van der Waals surface area contributed by atoms with Crippen molar-refractivity contribution < 1.29 is 4.74 Å². The summed E-state index contributed by atoms with van der Waals surface area (Å²) in [4.78, 5) is 2.48. The lowest BCUT2D eigenvalue weighted by molar-refractivity contribution is -0.153. The largest absolute Gasteiger partial charge is 0.378 e. The molecule has 1 spiro atoms. The summed E-state index contributed by atoms with van der Waals surface area (Å²) < 4.78 is 6.06. The number of hydrogen-bond donors (Lipinski definition) is 1. The van der Waals surface area contributed by atoms with Gasteiger partial charge in [-0.05, 0) is 52.6 Å². The number of likely N-dealkylation sites (tertiary alicyclic amines) is 1. The van der Waals surface area contributed by atoms with Crippen LogP contribution in [-0.2, 0) is 4.74 Å². The minimum atomic E-state index is 0.476. The first-order valence-corrected chi connectivity index (χ1v) is 8.81. The Labute approximate surface area is 124 Å². The van der Waals surface area contributed by atoms with Crippen LogP contribution in [0, 0.1) is 5.41 Å². The summed E-state index contributed by atoms with van der Waals surface area (Å²) in [6.45, 7) is 5.53. The smallest absolute Gasteiger partial charge is 0.0661 e. The van der Waals surface area contributed by atoms with E-state index in [0.29, 0.717) is 17.6 Å². The van der Waals surface area contributed by atoms with Crippen molar-refractivity contribution >= 4 is 0 Å². The Balaban J connectivity index is 1.60. The summed E-state index contributed by atoms with van der Waals surface area (Å²) in [5.41, 5.74) is 0.476. The molecule has 3 atom stereocenters. The standard InChI is InChI=1S/C17H32N2O/c1-3-20-16-12-15(17(16)9-5-4-6-10-17)18-14-8-7-11-19(2)13-14/h14-16,18H,3-13H2,1-2H3. The summed E-state index contributed by atoms with van der Waals surface area (Å²) in [5.74, 6) is 0. The van der Waals surface area contributed by atoms with Crippen molar-refractivity contribution in [3.63, 3.8) is 0 Å². The van der Waals surface area contributed by atoms with Crippen LogP contribution in [0.1, 0.15) is 58.3 Å². The van der Waals surface area contributed by atoms with Gasteiger partial charge in [0.25, 0.3) is 0 Å². The van der Waals surface area contributed by atoms with E-state index >= 15 is 0 Å². The Morgan fingerprint density at radius 3 is 2.70 bits per heavy atom. The van der Waals surface area contributed by atoms with Gasteiger partial charge in [0.2, 0.25) is 0 Å². The summed E-state index contributed by atoms with van der Waals surface area (Å²) >= 11 is 0. The topological polar surface area (TPSA) is 24.5 Å². The molecule has 1 saturated heterocycles. The van der Waals surface area contributed by atoms with Crippen molar-refractivity contribution in [1.82, 2.24) is 10.2 Å². The molecule has 0 amide bonds. The quantitative estimate of drug-likeness (QED) is 0.857. The number of nitrogens with zero attached hydrogens (tertiary/aromatic N) is 1. The van der Waals surface area contributed by atoms with Gasteiger partial charge in [-0.2, -0.15) is 0 Å². The van der Waals surface area contributed by atoms with Gasteiger partial charge in [0, 0.05) is 30.7 Å². The molecule has 2 aliphatic carbocycles. The third kappa shape index (κ3) is 2.77. The van der Waals surface area contributed by atoms with Gasteiger partial charge in [0.05, 0.1) is 6.10 Å². The highest BCUT2D eigenvalue weighted by Crippen LogP contribution is 2.53. The van der Waals surface area contributed by atoms with Gasteiger partial charge in [0.1, 0.15) is 0 Å². The summed E-state index contributed by atoms with van der Waals surface area (Å²) in [7, 11) is 2.26. The van der Waals surface area contributed by atoms with E-state index in [4.69, 9.17) is 4.74 Å². The highest BCUT2D eigenvalue weighted by molar-refractivity contribution is 5.09. The Bertz CT molecular complexity index is 314. The Morgan fingerprint density at radius 1 is 1.20 bits per heavy atom. The predicted octanol–water partition coefficient (Wildman–Crippen LogP) is 2.80. The fourth-order valence-electron chi connectivity index (χ4n) is 4.88. The highest BCUT2D eigenvalue weighted by atomic mass is 16.5. The first-order valence-electron chi connectivity index (χ1n) is 8.81. The first kappa shape index (κ1) is 14.8. The zero-order valence-electron chi connectivity index (χ0n) is 13.4. The molecule has 3 aliphatic rings. The normalized spacial score (nSPS) is 37.8. The molecule has 0 aromatic heterocycles. The van der Waals surface area contributed by atoms with E-state index in [2.05, 4.69) is 24.2 Å². The van der Waals surface area contributed by atoms with E-state index in [1.807, 2.05) is 0 Å². The van der Waals surface area contributed by atoms with E-state index in [0.717, 1.165) is 12.6 Å². The van der Waals surface area contributed by atoms with Gasteiger partial charge in [-0.1, -0.05) is 19.3 Å². The lowest BCUT2D eigenvalue weighted by Crippen LogP contribution is -2.67. The minimum Gasteiger partial charge on any atom is -0.378 e. The van der Waals surface area contributed by atoms with E-state index < -0.39 is 0 Å². The highest BCUT2D eigenvalue weighted by Gasteiger charge is 2.55. The molecular weight excluding hydrogens is 248 g/mol. The number of ether oxygens (including phenoxy) is 1. The van der Waals surface area contributed by atoms with E-state index in [1.54, 1.807) is 0 Å². The molecule has 3 fully saturated rings. The maximum Gasteiger partial charge on any atom is 0.0661 e. The van der Waals surface area contributed by atoms with Crippen molar-refractivity contribution in [2.75, 3.05) is 26.7 Å². The average Bonchev–Trinajstić information content (AvgIpc) is 2.47. The zero-order valence-corrected chi connectivity index (χ0v) is 13.4. The second kappa shape index (κ2) is 6.33. The van der Waals surface area contributed by atoms with Crippen LogP contribution in [0.2, 0.25) is 0 Å². The van der Waals surface area contributed by atoms with E-state index in [-0.39, 0.29) is 0 Å². The van der Waals surface area contributed by atoms with Gasteiger partial charge in [-0.3, -0.25) is 0 Å². The molecule has 1 heterocycles. The number of nitrogens with one attached hydrogen (secondary N) is 1. The van der Waals surface area contributed by atoms with E-state index in [1.165, 1.54) is 64.5 Å². The van der Waals surface area contributed by atoms with Gasteiger partial charge >= 0.3 is 0 Å². The van der Waals surface area contributed by atoms with Crippen molar-refractivity contribution in [3.8, 4) is 0 Å². The lowest BCUT2D eigenvalue weighted by Gasteiger charge is -2.59. The van der Waals surface area contributed by atoms with Gasteiger partial charge in [-0.15, -0.1) is 0 Å². The third-order valence-electron chi connectivity index (χ3n) is 6.00. The third-order valence-corrected chi connectivity index (χ3v) is 6.00. The zero-order chi connectivity index (χ0) is 14.0. The van der Waals surface area contributed by atoms with Gasteiger partial charge in [-0.25, -0.2) is 0 Å². The van der Waals surface area contributed by atoms with Crippen LogP contribution >= 0.6 is 0 Å². The van der Waals surface area contributed by atoms with Crippen LogP contribution in [0.5, 0.6) is 0 Å². The van der Waals surface area contributed by atoms with Gasteiger partial charge in [0.15, 0.2) is 0 Å². The van der Waals surface area contributed by atoms with E-state index in [9.17, 15) is 0 Å². The molecule has 1 aliphatic heterocycles. The van der Waals surface area contributed by atoms with Crippen molar-refractivity contribution in [2.45, 2.75) is 76.5 Å². The Hall–Kier alpha value is -0.120. The monoisotopic (exact) mass is 280 g/mol. The molecule has 1 N–H and O–H groups in total.